The van der Waals surface area contributed by atoms with Crippen LogP contribution in [0.15, 0.2) is 47.6 Å². The minimum Gasteiger partial charge on any atom is -0.333 e. The van der Waals surface area contributed by atoms with Crippen molar-refractivity contribution in [3.05, 3.63) is 48.5 Å². The lowest BCUT2D eigenvalue weighted by Gasteiger charge is -2.20. The van der Waals surface area contributed by atoms with E-state index in [9.17, 15) is 0 Å². The van der Waals surface area contributed by atoms with E-state index in [2.05, 4.69) is 72.2 Å². The smallest absolute Gasteiger partial charge is 0.122 e. The van der Waals surface area contributed by atoms with Gasteiger partial charge in [-0.15, -0.1) is 11.8 Å². The number of hydrogen-bond donors (Lipinski definition) is 1. The van der Waals surface area contributed by atoms with E-state index in [0.29, 0.717) is 0 Å². The minimum atomic E-state index is 0.121. The van der Waals surface area contributed by atoms with Crippen LogP contribution >= 0.6 is 11.8 Å². The molecule has 0 bridgehead atoms. The predicted molar refractivity (Wildman–Crippen MR) is 86.0 cm³/mol. The van der Waals surface area contributed by atoms with E-state index in [4.69, 9.17) is 0 Å². The lowest BCUT2D eigenvalue weighted by molar-refractivity contribution is 0.412. The SMILES string of the molecule is CC(C)(C)NCc1nccn1CCSc1ccccc1. The van der Waals surface area contributed by atoms with Gasteiger partial charge in [0.15, 0.2) is 0 Å². The van der Waals surface area contributed by atoms with Crippen LogP contribution in [0.2, 0.25) is 0 Å². The first-order valence-corrected chi connectivity index (χ1v) is 7.96. The van der Waals surface area contributed by atoms with Crippen molar-refractivity contribution >= 4 is 11.8 Å². The van der Waals surface area contributed by atoms with Crippen LogP contribution in [0.5, 0.6) is 0 Å². The van der Waals surface area contributed by atoms with Gasteiger partial charge in [-0.3, -0.25) is 0 Å². The van der Waals surface area contributed by atoms with Crippen molar-refractivity contribution in [3.63, 3.8) is 0 Å². The molecule has 20 heavy (non-hydrogen) atoms. The van der Waals surface area contributed by atoms with Crippen molar-refractivity contribution in [2.45, 2.75) is 44.3 Å². The fourth-order valence-corrected chi connectivity index (χ4v) is 2.71. The summed E-state index contributed by atoms with van der Waals surface area (Å²) >= 11 is 1.88. The van der Waals surface area contributed by atoms with Crippen LogP contribution < -0.4 is 5.32 Å². The summed E-state index contributed by atoms with van der Waals surface area (Å²) in [6.07, 6.45) is 3.94. The van der Waals surface area contributed by atoms with Crippen LogP contribution in [0.3, 0.4) is 0 Å². The van der Waals surface area contributed by atoms with E-state index >= 15 is 0 Å². The topological polar surface area (TPSA) is 29.9 Å². The highest BCUT2D eigenvalue weighted by molar-refractivity contribution is 7.99. The first-order chi connectivity index (χ1) is 9.54. The molecule has 0 aliphatic rings. The van der Waals surface area contributed by atoms with Crippen LogP contribution in [0.1, 0.15) is 26.6 Å². The highest BCUT2D eigenvalue weighted by atomic mass is 32.2. The molecule has 0 atom stereocenters. The molecule has 0 unspecified atom stereocenters. The Hall–Kier alpha value is -1.26. The average Bonchev–Trinajstić information content (AvgIpc) is 2.84. The van der Waals surface area contributed by atoms with Gasteiger partial charge in [0.05, 0.1) is 6.54 Å². The van der Waals surface area contributed by atoms with Gasteiger partial charge in [0.1, 0.15) is 5.82 Å². The molecule has 1 aromatic carbocycles. The summed E-state index contributed by atoms with van der Waals surface area (Å²) < 4.78 is 2.23. The number of aryl methyl sites for hydroxylation is 1. The third-order valence-electron chi connectivity index (χ3n) is 2.92. The Morgan fingerprint density at radius 1 is 1.20 bits per heavy atom. The van der Waals surface area contributed by atoms with Gasteiger partial charge in [0.25, 0.3) is 0 Å². The number of nitrogens with one attached hydrogen (secondary N) is 1. The molecule has 2 rings (SSSR count). The predicted octanol–water partition coefficient (Wildman–Crippen LogP) is 3.56. The number of nitrogens with zero attached hydrogens (tertiary/aromatic N) is 2. The highest BCUT2D eigenvalue weighted by Crippen LogP contribution is 2.17. The minimum absolute atomic E-state index is 0.121. The molecule has 0 amide bonds. The van der Waals surface area contributed by atoms with Gasteiger partial charge in [-0.05, 0) is 32.9 Å². The molecule has 4 heteroatoms. The summed E-state index contributed by atoms with van der Waals surface area (Å²) in [5.74, 6) is 2.16. The zero-order valence-electron chi connectivity index (χ0n) is 12.5. The van der Waals surface area contributed by atoms with Crippen LogP contribution in [0.25, 0.3) is 0 Å². The number of thioether (sulfide) groups is 1. The van der Waals surface area contributed by atoms with Crippen molar-refractivity contribution in [2.75, 3.05) is 5.75 Å². The van der Waals surface area contributed by atoms with Gasteiger partial charge >= 0.3 is 0 Å². The first kappa shape index (κ1) is 15.1. The largest absolute Gasteiger partial charge is 0.333 e. The molecule has 3 nitrogen and oxygen atoms in total. The Morgan fingerprint density at radius 3 is 2.65 bits per heavy atom. The Labute approximate surface area is 125 Å². The molecule has 0 aliphatic heterocycles. The summed E-state index contributed by atoms with van der Waals surface area (Å²) in [4.78, 5) is 5.76. The zero-order valence-corrected chi connectivity index (χ0v) is 13.3. The molecule has 108 valence electrons. The van der Waals surface area contributed by atoms with Crippen molar-refractivity contribution in [1.82, 2.24) is 14.9 Å². The monoisotopic (exact) mass is 289 g/mol. The van der Waals surface area contributed by atoms with Gasteiger partial charge < -0.3 is 9.88 Å². The number of hydrogen-bond acceptors (Lipinski definition) is 3. The highest BCUT2D eigenvalue weighted by Gasteiger charge is 2.10. The van der Waals surface area contributed by atoms with Gasteiger partial charge in [-0.1, -0.05) is 18.2 Å². The lowest BCUT2D eigenvalue weighted by atomic mass is 10.1. The second-order valence-electron chi connectivity index (χ2n) is 5.80. The van der Waals surface area contributed by atoms with Gasteiger partial charge in [-0.25, -0.2) is 4.98 Å². The fourth-order valence-electron chi connectivity index (χ4n) is 1.83. The van der Waals surface area contributed by atoms with E-state index in [0.717, 1.165) is 24.7 Å². The first-order valence-electron chi connectivity index (χ1n) is 6.97. The van der Waals surface area contributed by atoms with Crippen molar-refractivity contribution in [3.8, 4) is 0 Å². The van der Waals surface area contributed by atoms with E-state index in [1.165, 1.54) is 4.90 Å². The second kappa shape index (κ2) is 6.95. The summed E-state index contributed by atoms with van der Waals surface area (Å²) in [6.45, 7) is 8.32. The quantitative estimate of drug-likeness (QED) is 0.825. The standard InChI is InChI=1S/C16H23N3S/c1-16(2,3)18-13-15-17-9-10-19(15)11-12-20-14-7-5-4-6-8-14/h4-10,18H,11-13H2,1-3H3. The van der Waals surface area contributed by atoms with Crippen LogP contribution in [0.4, 0.5) is 0 Å². The number of benzene rings is 1. The second-order valence-corrected chi connectivity index (χ2v) is 6.97. The maximum atomic E-state index is 4.44. The molecule has 0 radical (unpaired) electrons. The normalized spacial score (nSPS) is 11.8. The molecule has 0 saturated carbocycles. The molecular weight excluding hydrogens is 266 g/mol. The molecule has 0 spiro atoms. The van der Waals surface area contributed by atoms with E-state index in [1.54, 1.807) is 0 Å². The molecule has 1 heterocycles. The average molecular weight is 289 g/mol. The molecule has 1 N–H and O–H groups in total. The number of rotatable bonds is 6. The summed E-state index contributed by atoms with van der Waals surface area (Å²) in [5, 5.41) is 3.48. The van der Waals surface area contributed by atoms with Crippen molar-refractivity contribution < 1.29 is 0 Å². The summed E-state index contributed by atoms with van der Waals surface area (Å²) in [6, 6.07) is 10.5. The van der Waals surface area contributed by atoms with Gasteiger partial charge in [0.2, 0.25) is 0 Å². The van der Waals surface area contributed by atoms with Crippen LogP contribution in [-0.2, 0) is 13.1 Å². The Bertz CT molecular complexity index is 514. The maximum absolute atomic E-state index is 4.44. The van der Waals surface area contributed by atoms with Crippen LogP contribution in [0, 0.1) is 0 Å². The summed E-state index contributed by atoms with van der Waals surface area (Å²) in [5.41, 5.74) is 0.121. The van der Waals surface area contributed by atoms with Crippen LogP contribution in [-0.4, -0.2) is 20.8 Å². The number of imidazole rings is 1. The molecule has 0 aliphatic carbocycles. The fraction of sp³-hybridized carbons (Fsp3) is 0.438. The lowest BCUT2D eigenvalue weighted by Crippen LogP contribution is -2.36. The molecule has 0 saturated heterocycles. The van der Waals surface area contributed by atoms with Gasteiger partial charge in [0, 0.05) is 35.1 Å². The third kappa shape index (κ3) is 5.02. The van der Waals surface area contributed by atoms with Crippen molar-refractivity contribution in [2.24, 2.45) is 0 Å². The third-order valence-corrected chi connectivity index (χ3v) is 3.91. The van der Waals surface area contributed by atoms with Gasteiger partial charge in [-0.2, -0.15) is 0 Å². The molecule has 0 fully saturated rings. The van der Waals surface area contributed by atoms with E-state index in [-0.39, 0.29) is 5.54 Å². The Morgan fingerprint density at radius 2 is 1.95 bits per heavy atom. The van der Waals surface area contributed by atoms with Crippen molar-refractivity contribution in [1.29, 1.82) is 0 Å². The maximum Gasteiger partial charge on any atom is 0.122 e. The molecule has 1 aromatic heterocycles. The Kier molecular flexibility index (Phi) is 5.26. The molecular formula is C16H23N3S. The van der Waals surface area contributed by atoms with E-state index in [1.807, 2.05) is 18.0 Å². The Balaban J connectivity index is 1.83. The van der Waals surface area contributed by atoms with E-state index < -0.39 is 0 Å². The summed E-state index contributed by atoms with van der Waals surface area (Å²) in [7, 11) is 0. The zero-order chi connectivity index (χ0) is 14.4. The number of aromatic nitrogens is 2. The molecule has 2 aromatic rings.